The summed E-state index contributed by atoms with van der Waals surface area (Å²) in [5.41, 5.74) is 9.03. The number of hydrogen-bond acceptors (Lipinski definition) is 7. The van der Waals surface area contributed by atoms with Crippen LogP contribution in [0.2, 0.25) is 0 Å². The smallest absolute Gasteiger partial charge is 0.149 e. The van der Waals surface area contributed by atoms with Gasteiger partial charge in [-0.05, 0) is 26.8 Å². The third kappa shape index (κ3) is 2.99. The summed E-state index contributed by atoms with van der Waals surface area (Å²) in [6, 6.07) is 8.02. The molecule has 2 aliphatic heterocycles. The molecule has 0 saturated carbocycles. The van der Waals surface area contributed by atoms with Crippen molar-refractivity contribution in [3.8, 4) is 0 Å². The van der Waals surface area contributed by atoms with Crippen LogP contribution in [0.4, 0.5) is 17.2 Å². The van der Waals surface area contributed by atoms with Crippen LogP contribution in [0.15, 0.2) is 24.3 Å². The van der Waals surface area contributed by atoms with E-state index in [1.165, 1.54) is 0 Å². The Morgan fingerprint density at radius 2 is 1.84 bits per heavy atom. The van der Waals surface area contributed by atoms with Gasteiger partial charge in [0.1, 0.15) is 23.9 Å². The molecule has 1 aromatic heterocycles. The first kappa shape index (κ1) is 16.4. The maximum Gasteiger partial charge on any atom is 0.149 e. The highest BCUT2D eigenvalue weighted by atomic mass is 16.8. The number of nitrogens with one attached hydrogen (secondary N) is 1. The Labute approximate surface area is 148 Å². The molecule has 1 saturated heterocycles. The largest absolute Gasteiger partial charge is 0.382 e. The number of nitrogen functional groups attached to an aromatic ring is 1. The average Bonchev–Trinajstić information content (AvgIpc) is 2.99. The second-order valence-corrected chi connectivity index (χ2v) is 7.62. The van der Waals surface area contributed by atoms with Crippen LogP contribution in [0.1, 0.15) is 20.8 Å². The maximum absolute atomic E-state index is 6.20. The number of fused-ring (bicyclic) bond motifs is 3. The van der Waals surface area contributed by atoms with Crippen molar-refractivity contribution >= 4 is 28.1 Å². The van der Waals surface area contributed by atoms with Gasteiger partial charge in [-0.15, -0.1) is 0 Å². The molecule has 0 bridgehead atoms. The molecule has 0 aliphatic carbocycles. The minimum Gasteiger partial charge on any atom is -0.382 e. The number of nitrogens with two attached hydrogens (primary N) is 1. The van der Waals surface area contributed by atoms with Crippen molar-refractivity contribution in [3.63, 3.8) is 0 Å². The van der Waals surface area contributed by atoms with Gasteiger partial charge in [0.2, 0.25) is 0 Å². The predicted molar refractivity (Wildman–Crippen MR) is 101 cm³/mol. The van der Waals surface area contributed by atoms with Gasteiger partial charge in [-0.3, -0.25) is 4.90 Å². The fourth-order valence-electron chi connectivity index (χ4n) is 3.53. The normalized spacial score (nSPS) is 19.2. The third-order valence-electron chi connectivity index (χ3n) is 4.94. The summed E-state index contributed by atoms with van der Waals surface area (Å²) in [4.78, 5) is 13.2. The number of para-hydroxylation sites is 1. The van der Waals surface area contributed by atoms with Gasteiger partial charge < -0.3 is 11.1 Å². The molecule has 1 fully saturated rings. The number of piperazine rings is 1. The molecule has 134 valence electrons. The van der Waals surface area contributed by atoms with Crippen molar-refractivity contribution in [2.24, 2.45) is 0 Å². The van der Waals surface area contributed by atoms with Crippen LogP contribution in [0.5, 0.6) is 0 Å². The molecule has 4 rings (SSSR count). The van der Waals surface area contributed by atoms with Gasteiger partial charge in [0.15, 0.2) is 0 Å². The quantitative estimate of drug-likeness (QED) is 0.867. The molecule has 3 heterocycles. The van der Waals surface area contributed by atoms with E-state index < -0.39 is 0 Å². The highest BCUT2D eigenvalue weighted by molar-refractivity contribution is 6.03. The number of benzene rings is 1. The summed E-state index contributed by atoms with van der Waals surface area (Å²) in [7, 11) is 0. The lowest BCUT2D eigenvalue weighted by Gasteiger charge is -2.42. The minimum absolute atomic E-state index is 0.199. The van der Waals surface area contributed by atoms with E-state index in [2.05, 4.69) is 42.0 Å². The standard InChI is InChI=1S/C18H26N6O/c1-18(2,3)22-8-10-23(11-9-22)25-24-12-20-15-16(24)13-6-4-5-7-14(13)21-17(15)19/h4-7,20H,8-12H2,1-3H3,(H2,19,21). The first-order valence-corrected chi connectivity index (χ1v) is 8.81. The molecule has 0 unspecified atom stereocenters. The summed E-state index contributed by atoms with van der Waals surface area (Å²) in [5.74, 6) is 0.511. The van der Waals surface area contributed by atoms with Crippen molar-refractivity contribution in [2.45, 2.75) is 26.3 Å². The molecule has 0 atom stereocenters. The molecule has 7 nitrogen and oxygen atoms in total. The van der Waals surface area contributed by atoms with Gasteiger partial charge in [-0.2, -0.15) is 10.0 Å². The van der Waals surface area contributed by atoms with Crippen molar-refractivity contribution in [1.29, 1.82) is 0 Å². The maximum atomic E-state index is 6.20. The number of hydroxylamine groups is 3. The zero-order valence-corrected chi connectivity index (χ0v) is 15.1. The Balaban J connectivity index is 1.54. The summed E-state index contributed by atoms with van der Waals surface area (Å²) in [6.07, 6.45) is 0. The Morgan fingerprint density at radius 1 is 1.12 bits per heavy atom. The molecular weight excluding hydrogens is 316 g/mol. The monoisotopic (exact) mass is 342 g/mol. The van der Waals surface area contributed by atoms with E-state index in [0.29, 0.717) is 12.5 Å². The van der Waals surface area contributed by atoms with Gasteiger partial charge in [-0.1, -0.05) is 18.2 Å². The highest BCUT2D eigenvalue weighted by Gasteiger charge is 2.30. The minimum atomic E-state index is 0.199. The van der Waals surface area contributed by atoms with Crippen molar-refractivity contribution in [2.75, 3.05) is 49.0 Å². The van der Waals surface area contributed by atoms with Crippen LogP contribution < -0.4 is 16.1 Å². The Bertz CT molecular complexity index is 779. The van der Waals surface area contributed by atoms with Gasteiger partial charge in [-0.25, -0.2) is 10.0 Å². The number of aromatic nitrogens is 1. The van der Waals surface area contributed by atoms with E-state index in [4.69, 9.17) is 10.7 Å². The van der Waals surface area contributed by atoms with E-state index in [0.717, 1.165) is 48.5 Å². The Kier molecular flexibility index (Phi) is 3.94. The summed E-state index contributed by atoms with van der Waals surface area (Å²) in [5, 5.41) is 8.28. The molecule has 3 N–H and O–H groups in total. The molecule has 25 heavy (non-hydrogen) atoms. The predicted octanol–water partition coefficient (Wildman–Crippen LogP) is 2.27. The molecule has 2 aromatic rings. The molecule has 0 spiro atoms. The highest BCUT2D eigenvalue weighted by Crippen LogP contribution is 2.41. The fourth-order valence-corrected chi connectivity index (χ4v) is 3.53. The second kappa shape index (κ2) is 6.01. The van der Waals surface area contributed by atoms with Crippen LogP contribution in [-0.2, 0) is 4.94 Å². The number of hydrogen-bond donors (Lipinski definition) is 2. The molecule has 7 heteroatoms. The van der Waals surface area contributed by atoms with E-state index >= 15 is 0 Å². The number of pyridine rings is 1. The van der Waals surface area contributed by atoms with E-state index in [-0.39, 0.29) is 5.54 Å². The van der Waals surface area contributed by atoms with E-state index in [9.17, 15) is 0 Å². The van der Waals surface area contributed by atoms with Crippen LogP contribution in [0.25, 0.3) is 10.9 Å². The van der Waals surface area contributed by atoms with Crippen LogP contribution in [0, 0.1) is 0 Å². The lowest BCUT2D eigenvalue weighted by atomic mass is 10.1. The zero-order valence-electron chi connectivity index (χ0n) is 15.1. The van der Waals surface area contributed by atoms with E-state index in [1.54, 1.807) is 0 Å². The van der Waals surface area contributed by atoms with Crippen molar-refractivity contribution in [3.05, 3.63) is 24.3 Å². The summed E-state index contributed by atoms with van der Waals surface area (Å²) < 4.78 is 0. The topological polar surface area (TPSA) is 69.9 Å². The second-order valence-electron chi connectivity index (χ2n) is 7.62. The van der Waals surface area contributed by atoms with Gasteiger partial charge >= 0.3 is 0 Å². The first-order valence-electron chi connectivity index (χ1n) is 8.81. The van der Waals surface area contributed by atoms with Crippen LogP contribution >= 0.6 is 0 Å². The van der Waals surface area contributed by atoms with Gasteiger partial charge in [0, 0.05) is 37.1 Å². The average molecular weight is 342 g/mol. The number of anilines is 3. The lowest BCUT2D eigenvalue weighted by Crippen LogP contribution is -2.54. The Hall–Kier alpha value is -2.09. The number of nitrogens with zero attached hydrogens (tertiary/aromatic N) is 4. The Morgan fingerprint density at radius 3 is 2.56 bits per heavy atom. The molecule has 2 aliphatic rings. The zero-order chi connectivity index (χ0) is 17.6. The van der Waals surface area contributed by atoms with Crippen molar-refractivity contribution < 1.29 is 4.94 Å². The SMILES string of the molecule is CC(C)(C)N1CCN(ON2CNc3c(N)nc4ccccc4c32)CC1. The van der Waals surface area contributed by atoms with E-state index in [1.807, 2.05) is 28.3 Å². The molecular formula is C18H26N6O. The summed E-state index contributed by atoms with van der Waals surface area (Å²) >= 11 is 0. The third-order valence-corrected chi connectivity index (χ3v) is 4.94. The van der Waals surface area contributed by atoms with Crippen LogP contribution in [-0.4, -0.2) is 53.3 Å². The summed E-state index contributed by atoms with van der Waals surface area (Å²) in [6.45, 7) is 11.1. The van der Waals surface area contributed by atoms with Crippen molar-refractivity contribution in [1.82, 2.24) is 14.9 Å². The van der Waals surface area contributed by atoms with Gasteiger partial charge in [0.25, 0.3) is 0 Å². The first-order chi connectivity index (χ1) is 11.9. The molecule has 0 amide bonds. The fraction of sp³-hybridized carbons (Fsp3) is 0.500. The van der Waals surface area contributed by atoms with Gasteiger partial charge in [0.05, 0.1) is 5.52 Å². The lowest BCUT2D eigenvalue weighted by molar-refractivity contribution is -0.190. The molecule has 0 radical (unpaired) electrons. The molecule has 1 aromatic carbocycles. The number of rotatable bonds is 2. The van der Waals surface area contributed by atoms with Crippen LogP contribution in [0.3, 0.4) is 0 Å².